The summed E-state index contributed by atoms with van der Waals surface area (Å²) in [5.41, 5.74) is 5.84. The van der Waals surface area contributed by atoms with Gasteiger partial charge in [0.25, 0.3) is 0 Å². The lowest BCUT2D eigenvalue weighted by Gasteiger charge is -2.05. The van der Waals surface area contributed by atoms with Crippen molar-refractivity contribution in [2.24, 2.45) is 0 Å². The van der Waals surface area contributed by atoms with Crippen LogP contribution in [0.25, 0.3) is 22.2 Å². The van der Waals surface area contributed by atoms with Crippen LogP contribution in [0.4, 0.5) is 0 Å². The highest BCUT2D eigenvalue weighted by Gasteiger charge is 2.06. The zero-order chi connectivity index (χ0) is 11.0. The van der Waals surface area contributed by atoms with Crippen LogP contribution < -0.4 is 0 Å². The summed E-state index contributed by atoms with van der Waals surface area (Å²) in [5.74, 6) is 0. The maximum Gasteiger partial charge on any atom is 0.0960 e. The highest BCUT2D eigenvalue weighted by Crippen LogP contribution is 2.28. The van der Waals surface area contributed by atoms with Crippen molar-refractivity contribution in [1.82, 2.24) is 9.97 Å². The van der Waals surface area contributed by atoms with E-state index in [9.17, 15) is 0 Å². The van der Waals surface area contributed by atoms with Gasteiger partial charge in [-0.05, 0) is 24.1 Å². The maximum absolute atomic E-state index is 4.38. The van der Waals surface area contributed by atoms with E-state index in [-0.39, 0.29) is 0 Å². The summed E-state index contributed by atoms with van der Waals surface area (Å²) in [6.07, 6.45) is 1.74. The van der Waals surface area contributed by atoms with E-state index >= 15 is 0 Å². The zero-order valence-corrected chi connectivity index (χ0v) is 9.07. The van der Waals surface area contributed by atoms with Crippen molar-refractivity contribution >= 4 is 11.0 Å². The summed E-state index contributed by atoms with van der Waals surface area (Å²) in [7, 11) is 0. The summed E-state index contributed by atoms with van der Waals surface area (Å²) in [6.45, 7) is 2.13. The van der Waals surface area contributed by atoms with Gasteiger partial charge in [0.2, 0.25) is 0 Å². The number of nitrogens with zero attached hydrogens (tertiary/aromatic N) is 1. The minimum Gasteiger partial charge on any atom is -0.345 e. The van der Waals surface area contributed by atoms with Gasteiger partial charge in [0.15, 0.2) is 0 Å². The van der Waals surface area contributed by atoms with E-state index in [2.05, 4.69) is 53.3 Å². The average molecular weight is 208 g/mol. The maximum atomic E-state index is 4.38. The van der Waals surface area contributed by atoms with Crippen molar-refractivity contribution in [3.8, 4) is 11.1 Å². The van der Waals surface area contributed by atoms with Crippen LogP contribution in [0.2, 0.25) is 0 Å². The Labute approximate surface area is 94.0 Å². The molecule has 0 aliphatic rings. The first kappa shape index (κ1) is 9.16. The Morgan fingerprint density at radius 2 is 1.75 bits per heavy atom. The van der Waals surface area contributed by atoms with Crippen molar-refractivity contribution in [1.29, 1.82) is 0 Å². The first-order valence-electron chi connectivity index (χ1n) is 5.34. The van der Waals surface area contributed by atoms with Crippen LogP contribution in [-0.2, 0) is 0 Å². The molecule has 0 aliphatic carbocycles. The lowest BCUT2D eigenvalue weighted by Crippen LogP contribution is -1.84. The van der Waals surface area contributed by atoms with E-state index in [1.165, 1.54) is 16.7 Å². The quantitative estimate of drug-likeness (QED) is 0.651. The molecule has 0 aliphatic heterocycles. The number of nitrogens with one attached hydrogen (secondary N) is 1. The highest BCUT2D eigenvalue weighted by molar-refractivity contribution is 5.92. The lowest BCUT2D eigenvalue weighted by atomic mass is 9.99. The third-order valence-corrected chi connectivity index (χ3v) is 2.88. The second kappa shape index (κ2) is 3.49. The smallest absolute Gasteiger partial charge is 0.0960 e. The van der Waals surface area contributed by atoms with Gasteiger partial charge in [0.05, 0.1) is 17.4 Å². The number of H-pyrrole nitrogens is 1. The lowest BCUT2D eigenvalue weighted by molar-refractivity contribution is 1.34. The van der Waals surface area contributed by atoms with Gasteiger partial charge < -0.3 is 4.98 Å². The van der Waals surface area contributed by atoms with Crippen LogP contribution in [0.3, 0.4) is 0 Å². The average Bonchev–Trinajstić information content (AvgIpc) is 2.77. The number of hydrogen-bond donors (Lipinski definition) is 1. The van der Waals surface area contributed by atoms with Crippen LogP contribution >= 0.6 is 0 Å². The summed E-state index contributed by atoms with van der Waals surface area (Å²) in [4.78, 5) is 7.52. The Morgan fingerprint density at radius 1 is 0.938 bits per heavy atom. The molecule has 0 radical (unpaired) electrons. The summed E-state index contributed by atoms with van der Waals surface area (Å²) in [5, 5.41) is 0. The molecule has 0 saturated carbocycles. The van der Waals surface area contributed by atoms with Gasteiger partial charge in [-0.1, -0.05) is 36.4 Å². The number of fused-ring (bicyclic) bond motifs is 1. The van der Waals surface area contributed by atoms with Gasteiger partial charge in [-0.3, -0.25) is 0 Å². The van der Waals surface area contributed by atoms with Crippen molar-refractivity contribution in [2.75, 3.05) is 0 Å². The van der Waals surface area contributed by atoms with Crippen LogP contribution in [0.5, 0.6) is 0 Å². The van der Waals surface area contributed by atoms with Crippen LogP contribution in [0, 0.1) is 6.92 Å². The fourth-order valence-electron chi connectivity index (χ4n) is 2.06. The standard InChI is InChI=1S/C14H12N2/c1-10-5-2-3-6-11(10)12-7-4-8-13-14(12)16-9-15-13/h2-9H,1H3,(H,15,16). The third-order valence-electron chi connectivity index (χ3n) is 2.88. The molecule has 78 valence electrons. The number of benzene rings is 2. The van der Waals surface area contributed by atoms with Crippen molar-refractivity contribution in [3.63, 3.8) is 0 Å². The zero-order valence-electron chi connectivity index (χ0n) is 9.07. The van der Waals surface area contributed by atoms with Crippen molar-refractivity contribution in [3.05, 3.63) is 54.4 Å². The molecule has 0 bridgehead atoms. The Hall–Kier alpha value is -2.09. The molecule has 2 heteroatoms. The molecule has 0 atom stereocenters. The minimum absolute atomic E-state index is 1.04. The third kappa shape index (κ3) is 1.31. The number of hydrogen-bond acceptors (Lipinski definition) is 1. The molecular formula is C14H12N2. The van der Waals surface area contributed by atoms with E-state index in [4.69, 9.17) is 0 Å². The van der Waals surface area contributed by atoms with Gasteiger partial charge in [0, 0.05) is 5.56 Å². The molecule has 0 unspecified atom stereocenters. The van der Waals surface area contributed by atoms with E-state index in [0.717, 1.165) is 11.0 Å². The monoisotopic (exact) mass is 208 g/mol. The number of aryl methyl sites for hydroxylation is 1. The molecule has 2 aromatic carbocycles. The van der Waals surface area contributed by atoms with Gasteiger partial charge >= 0.3 is 0 Å². The molecule has 1 heterocycles. The molecule has 0 amide bonds. The molecule has 16 heavy (non-hydrogen) atoms. The van der Waals surface area contributed by atoms with Gasteiger partial charge in [-0.2, -0.15) is 0 Å². The van der Waals surface area contributed by atoms with E-state index < -0.39 is 0 Å². The fourth-order valence-corrected chi connectivity index (χ4v) is 2.06. The van der Waals surface area contributed by atoms with Gasteiger partial charge in [-0.15, -0.1) is 0 Å². The van der Waals surface area contributed by atoms with Gasteiger partial charge in [0.1, 0.15) is 0 Å². The normalized spacial score (nSPS) is 10.8. The Morgan fingerprint density at radius 3 is 2.62 bits per heavy atom. The second-order valence-corrected chi connectivity index (χ2v) is 3.92. The summed E-state index contributed by atoms with van der Waals surface area (Å²) >= 11 is 0. The van der Waals surface area contributed by atoms with Crippen LogP contribution in [-0.4, -0.2) is 9.97 Å². The molecule has 0 saturated heterocycles. The number of aromatic amines is 1. The molecule has 2 nitrogen and oxygen atoms in total. The first-order chi connectivity index (χ1) is 7.86. The Kier molecular flexibility index (Phi) is 2.00. The topological polar surface area (TPSA) is 28.7 Å². The number of imidazole rings is 1. The fraction of sp³-hybridized carbons (Fsp3) is 0.0714. The number of rotatable bonds is 1. The van der Waals surface area contributed by atoms with Crippen molar-refractivity contribution < 1.29 is 0 Å². The molecule has 1 aromatic heterocycles. The highest BCUT2D eigenvalue weighted by atomic mass is 14.9. The molecule has 3 rings (SSSR count). The molecule has 0 spiro atoms. The number of aromatic nitrogens is 2. The molecule has 3 aromatic rings. The Bertz CT molecular complexity index is 638. The summed E-state index contributed by atoms with van der Waals surface area (Å²) in [6, 6.07) is 14.6. The second-order valence-electron chi connectivity index (χ2n) is 3.92. The van der Waals surface area contributed by atoms with E-state index in [1.54, 1.807) is 6.33 Å². The van der Waals surface area contributed by atoms with Crippen LogP contribution in [0.15, 0.2) is 48.8 Å². The molecular weight excluding hydrogens is 196 g/mol. The molecule has 1 N–H and O–H groups in total. The van der Waals surface area contributed by atoms with E-state index in [0.29, 0.717) is 0 Å². The van der Waals surface area contributed by atoms with Crippen molar-refractivity contribution in [2.45, 2.75) is 6.92 Å². The Balaban J connectivity index is 2.34. The molecule has 0 fully saturated rings. The first-order valence-corrected chi connectivity index (χ1v) is 5.34. The predicted octanol–water partition coefficient (Wildman–Crippen LogP) is 3.54. The summed E-state index contributed by atoms with van der Waals surface area (Å²) < 4.78 is 0. The SMILES string of the molecule is Cc1ccccc1-c1cccc2[nH]cnc12. The van der Waals surface area contributed by atoms with E-state index in [1.807, 2.05) is 6.07 Å². The predicted molar refractivity (Wildman–Crippen MR) is 66.3 cm³/mol. The minimum atomic E-state index is 1.04. The largest absolute Gasteiger partial charge is 0.345 e. The van der Waals surface area contributed by atoms with Crippen LogP contribution in [0.1, 0.15) is 5.56 Å². The van der Waals surface area contributed by atoms with Gasteiger partial charge in [-0.25, -0.2) is 4.98 Å². The number of para-hydroxylation sites is 1.